The molecule has 5 heteroatoms. The number of allylic oxidation sites excluding steroid dienone is 1. The number of fused-ring (bicyclic) bond motifs is 6. The number of rotatable bonds is 3. The molecule has 0 bridgehead atoms. The molecule has 0 unspecified atom stereocenters. The van der Waals surface area contributed by atoms with Gasteiger partial charge in [0, 0.05) is 39.7 Å². The molecule has 0 radical (unpaired) electrons. The third kappa shape index (κ3) is 3.08. The van der Waals surface area contributed by atoms with Crippen molar-refractivity contribution in [3.63, 3.8) is 0 Å². The lowest BCUT2D eigenvalue weighted by Crippen LogP contribution is -2.00. The molecule has 0 atom stereocenters. The van der Waals surface area contributed by atoms with Crippen LogP contribution in [0.25, 0.3) is 66.1 Å². The summed E-state index contributed by atoms with van der Waals surface area (Å²) in [6.45, 7) is 0. The second-order valence-electron chi connectivity index (χ2n) is 9.76. The molecule has 0 aliphatic carbocycles. The van der Waals surface area contributed by atoms with E-state index in [0.717, 1.165) is 29.6 Å². The summed E-state index contributed by atoms with van der Waals surface area (Å²) in [6, 6.07) is 30.8. The van der Waals surface area contributed by atoms with E-state index in [1.54, 1.807) is 6.33 Å². The molecule has 5 nitrogen and oxygen atoms in total. The summed E-state index contributed by atoms with van der Waals surface area (Å²) in [6.07, 6.45) is 11.3. The number of hydrogen-bond acceptors (Lipinski definition) is 3. The van der Waals surface area contributed by atoms with Crippen molar-refractivity contribution in [1.29, 1.82) is 0 Å². The fourth-order valence-corrected chi connectivity index (χ4v) is 5.96. The third-order valence-electron chi connectivity index (χ3n) is 7.63. The van der Waals surface area contributed by atoms with Gasteiger partial charge in [0.2, 0.25) is 0 Å². The van der Waals surface area contributed by atoms with Gasteiger partial charge in [0.25, 0.3) is 0 Å². The largest absolute Gasteiger partial charge is 0.311 e. The van der Waals surface area contributed by atoms with Gasteiger partial charge >= 0.3 is 0 Å². The van der Waals surface area contributed by atoms with E-state index in [0.29, 0.717) is 0 Å². The van der Waals surface area contributed by atoms with Crippen LogP contribution in [-0.2, 0) is 0 Å². The summed E-state index contributed by atoms with van der Waals surface area (Å²) in [5.74, 6) is 0. The Balaban J connectivity index is 1.35. The van der Waals surface area contributed by atoms with E-state index < -0.39 is 0 Å². The maximum atomic E-state index is 4.45. The van der Waals surface area contributed by atoms with Gasteiger partial charge in [-0.1, -0.05) is 48.5 Å². The smallest absolute Gasteiger partial charge is 0.115 e. The van der Waals surface area contributed by atoms with E-state index in [2.05, 4.69) is 109 Å². The predicted molar refractivity (Wildman–Crippen MR) is 157 cm³/mol. The lowest BCUT2D eigenvalue weighted by atomic mass is 10.0. The molecule has 0 amide bonds. The molecule has 0 saturated heterocycles. The van der Waals surface area contributed by atoms with Gasteiger partial charge in [-0.2, -0.15) is 0 Å². The minimum Gasteiger partial charge on any atom is -0.311 e. The monoisotopic (exact) mass is 489 g/mol. The van der Waals surface area contributed by atoms with Crippen molar-refractivity contribution in [3.8, 4) is 16.8 Å². The lowest BCUT2D eigenvalue weighted by molar-refractivity contribution is 1.01. The zero-order valence-electron chi connectivity index (χ0n) is 20.6. The normalized spacial score (nSPS) is 13.6. The van der Waals surface area contributed by atoms with Crippen LogP contribution in [0.1, 0.15) is 12.8 Å². The molecular formula is C33H23N5. The van der Waals surface area contributed by atoms with Gasteiger partial charge in [-0.3, -0.25) is 4.99 Å². The molecule has 1 aliphatic heterocycles. The topological polar surface area (TPSA) is 48.0 Å². The molecule has 4 heterocycles. The first kappa shape index (κ1) is 21.1. The maximum absolute atomic E-state index is 4.45. The van der Waals surface area contributed by atoms with E-state index in [4.69, 9.17) is 0 Å². The van der Waals surface area contributed by atoms with E-state index in [-0.39, 0.29) is 0 Å². The summed E-state index contributed by atoms with van der Waals surface area (Å²) >= 11 is 0. The Hall–Kier alpha value is -5.03. The van der Waals surface area contributed by atoms with Gasteiger partial charge in [0.1, 0.15) is 6.33 Å². The molecule has 180 valence electrons. The summed E-state index contributed by atoms with van der Waals surface area (Å²) in [4.78, 5) is 13.0. The second-order valence-corrected chi connectivity index (χ2v) is 9.76. The Morgan fingerprint density at radius 2 is 1.16 bits per heavy atom. The lowest BCUT2D eigenvalue weighted by Gasteiger charge is -2.13. The van der Waals surface area contributed by atoms with Crippen LogP contribution < -0.4 is 0 Å². The van der Waals surface area contributed by atoms with Gasteiger partial charge in [-0.15, -0.1) is 0 Å². The van der Waals surface area contributed by atoms with Crippen LogP contribution in [0.2, 0.25) is 0 Å². The van der Waals surface area contributed by atoms with Crippen LogP contribution in [0.5, 0.6) is 0 Å². The Labute approximate surface area is 219 Å². The van der Waals surface area contributed by atoms with Crippen LogP contribution in [-0.4, -0.2) is 25.3 Å². The molecule has 1 aliphatic rings. The van der Waals surface area contributed by atoms with E-state index >= 15 is 0 Å². The molecule has 38 heavy (non-hydrogen) atoms. The molecule has 3 aromatic heterocycles. The molecule has 0 spiro atoms. The summed E-state index contributed by atoms with van der Waals surface area (Å²) in [5, 5.41) is 4.96. The predicted octanol–water partition coefficient (Wildman–Crippen LogP) is 8.01. The van der Waals surface area contributed by atoms with Crippen LogP contribution in [0.4, 0.5) is 0 Å². The van der Waals surface area contributed by atoms with Crippen LogP contribution in [0, 0.1) is 0 Å². The fourth-order valence-electron chi connectivity index (χ4n) is 5.96. The first-order chi connectivity index (χ1) is 18.9. The van der Waals surface area contributed by atoms with Crippen LogP contribution >= 0.6 is 0 Å². The van der Waals surface area contributed by atoms with Gasteiger partial charge in [-0.25, -0.2) is 9.97 Å². The Kier molecular flexibility index (Phi) is 4.58. The van der Waals surface area contributed by atoms with Crippen molar-refractivity contribution in [2.24, 2.45) is 4.99 Å². The first-order valence-electron chi connectivity index (χ1n) is 12.9. The van der Waals surface area contributed by atoms with Crippen molar-refractivity contribution in [1.82, 2.24) is 19.1 Å². The maximum Gasteiger partial charge on any atom is 0.115 e. The van der Waals surface area contributed by atoms with Crippen LogP contribution in [0.3, 0.4) is 0 Å². The Morgan fingerprint density at radius 3 is 1.79 bits per heavy atom. The van der Waals surface area contributed by atoms with Crippen molar-refractivity contribution >= 4 is 55.5 Å². The highest BCUT2D eigenvalue weighted by Gasteiger charge is 2.17. The van der Waals surface area contributed by atoms with Gasteiger partial charge in [-0.05, 0) is 60.4 Å². The minimum absolute atomic E-state index is 0.960. The quantitative estimate of drug-likeness (QED) is 0.252. The van der Waals surface area contributed by atoms with E-state index in [1.165, 1.54) is 49.4 Å². The number of aromatic nitrogens is 4. The summed E-state index contributed by atoms with van der Waals surface area (Å²) in [5.41, 5.74) is 9.35. The van der Waals surface area contributed by atoms with Crippen molar-refractivity contribution in [2.45, 2.75) is 12.8 Å². The minimum atomic E-state index is 0.960. The zero-order valence-corrected chi connectivity index (χ0v) is 20.6. The molecule has 0 saturated carbocycles. The third-order valence-corrected chi connectivity index (χ3v) is 7.63. The summed E-state index contributed by atoms with van der Waals surface area (Å²) in [7, 11) is 0. The van der Waals surface area contributed by atoms with Gasteiger partial charge in [0.15, 0.2) is 0 Å². The van der Waals surface area contributed by atoms with Crippen molar-refractivity contribution in [3.05, 3.63) is 110 Å². The Morgan fingerprint density at radius 1 is 0.579 bits per heavy atom. The molecule has 4 aromatic carbocycles. The molecule has 0 fully saturated rings. The average Bonchev–Trinajstić information content (AvgIpc) is 3.50. The van der Waals surface area contributed by atoms with E-state index in [9.17, 15) is 0 Å². The standard InChI is InChI=1S/C33H23N5/c1-3-9-30-26(7-1)28-16-22(11-13-32(28)37(30)24-6-5-15-34-18-24)23-12-14-33-29(17-23)27-8-2-4-10-31(27)38(33)25-19-35-21-36-20-25/h1-4,7-21H,5-6H2. The van der Waals surface area contributed by atoms with Crippen molar-refractivity contribution in [2.75, 3.05) is 0 Å². The second kappa shape index (κ2) is 8.25. The number of nitrogens with zero attached hydrogens (tertiary/aromatic N) is 5. The zero-order chi connectivity index (χ0) is 25.1. The SMILES string of the molecule is C1=NC=C(n2c3ccccc3c3cc(-c4ccc5c(c4)c4ccccc4n5-c4cncnc4)ccc32)CC1. The highest BCUT2D eigenvalue weighted by atomic mass is 15.0. The molecular weight excluding hydrogens is 466 g/mol. The highest BCUT2D eigenvalue weighted by Crippen LogP contribution is 2.38. The van der Waals surface area contributed by atoms with Crippen molar-refractivity contribution < 1.29 is 0 Å². The molecule has 8 rings (SSSR count). The first-order valence-corrected chi connectivity index (χ1v) is 12.9. The van der Waals surface area contributed by atoms with Crippen LogP contribution in [0.15, 0.2) is 115 Å². The summed E-state index contributed by atoms with van der Waals surface area (Å²) < 4.78 is 4.62. The highest BCUT2D eigenvalue weighted by molar-refractivity contribution is 6.13. The van der Waals surface area contributed by atoms with Gasteiger partial charge < -0.3 is 9.13 Å². The molecule has 0 N–H and O–H groups in total. The van der Waals surface area contributed by atoms with E-state index in [1.807, 2.05) is 24.8 Å². The Bertz CT molecular complexity index is 2080. The van der Waals surface area contributed by atoms with Gasteiger partial charge in [0.05, 0.1) is 40.1 Å². The number of para-hydroxylation sites is 2. The number of hydrogen-bond donors (Lipinski definition) is 0. The molecule has 7 aromatic rings. The number of aliphatic imine (C=N–C) groups is 1. The number of benzene rings is 4. The fraction of sp³-hybridized carbons (Fsp3) is 0.0606. The average molecular weight is 490 g/mol.